The molecule has 0 aromatic heterocycles. The van der Waals surface area contributed by atoms with Crippen LogP contribution in [0.15, 0.2) is 36.4 Å². The standard InChI is InChI=1S/C16H17ClO2/c1-10-4-7-13(15(8-10)19-3)16(18)12-6-5-11(2)14(17)9-12/h4-9,16,18H,1-3H3. The smallest absolute Gasteiger partial charge is 0.125 e. The number of aliphatic hydroxyl groups is 1. The van der Waals surface area contributed by atoms with Crippen molar-refractivity contribution < 1.29 is 9.84 Å². The van der Waals surface area contributed by atoms with E-state index in [-0.39, 0.29) is 0 Å². The molecular formula is C16H17ClO2. The van der Waals surface area contributed by atoms with Crippen LogP contribution in [-0.2, 0) is 0 Å². The fourth-order valence-corrected chi connectivity index (χ4v) is 2.19. The van der Waals surface area contributed by atoms with Gasteiger partial charge in [-0.1, -0.05) is 35.9 Å². The second-order valence-corrected chi connectivity index (χ2v) is 5.06. The Balaban J connectivity index is 2.43. The lowest BCUT2D eigenvalue weighted by Gasteiger charge is -2.16. The van der Waals surface area contributed by atoms with Crippen LogP contribution in [0.25, 0.3) is 0 Å². The minimum Gasteiger partial charge on any atom is -0.496 e. The van der Waals surface area contributed by atoms with E-state index in [9.17, 15) is 5.11 Å². The highest BCUT2D eigenvalue weighted by atomic mass is 35.5. The first-order valence-electron chi connectivity index (χ1n) is 6.11. The van der Waals surface area contributed by atoms with Gasteiger partial charge in [0.1, 0.15) is 11.9 Å². The van der Waals surface area contributed by atoms with Gasteiger partial charge in [-0.3, -0.25) is 0 Å². The molecule has 2 aromatic rings. The SMILES string of the molecule is COc1cc(C)ccc1C(O)c1ccc(C)c(Cl)c1. The molecule has 100 valence electrons. The van der Waals surface area contributed by atoms with Crippen LogP contribution in [0, 0.1) is 13.8 Å². The summed E-state index contributed by atoms with van der Waals surface area (Å²) in [4.78, 5) is 0. The van der Waals surface area contributed by atoms with Crippen molar-refractivity contribution in [2.45, 2.75) is 20.0 Å². The third kappa shape index (κ3) is 2.91. The molecule has 0 bridgehead atoms. The number of benzene rings is 2. The Bertz CT molecular complexity index is 593. The lowest BCUT2D eigenvalue weighted by atomic mass is 9.98. The zero-order valence-corrected chi connectivity index (χ0v) is 12.0. The average Bonchev–Trinajstić information content (AvgIpc) is 2.41. The maximum Gasteiger partial charge on any atom is 0.125 e. The van der Waals surface area contributed by atoms with Crippen molar-refractivity contribution in [2.75, 3.05) is 7.11 Å². The number of hydrogen-bond acceptors (Lipinski definition) is 2. The maximum atomic E-state index is 10.5. The molecule has 1 unspecified atom stereocenters. The van der Waals surface area contributed by atoms with Gasteiger partial charge < -0.3 is 9.84 Å². The minimum absolute atomic E-state index is 0.655. The van der Waals surface area contributed by atoms with E-state index in [1.54, 1.807) is 13.2 Å². The number of aryl methyl sites for hydroxylation is 2. The molecule has 2 rings (SSSR count). The van der Waals surface area contributed by atoms with Gasteiger partial charge in [-0.15, -0.1) is 0 Å². The molecule has 0 aliphatic carbocycles. The molecular weight excluding hydrogens is 260 g/mol. The first-order valence-corrected chi connectivity index (χ1v) is 6.49. The Kier molecular flexibility index (Phi) is 4.13. The Hall–Kier alpha value is -1.51. The van der Waals surface area contributed by atoms with Gasteiger partial charge in [-0.2, -0.15) is 0 Å². The van der Waals surface area contributed by atoms with E-state index in [0.717, 1.165) is 22.3 Å². The molecule has 0 spiro atoms. The van der Waals surface area contributed by atoms with Gasteiger partial charge in [-0.25, -0.2) is 0 Å². The Morgan fingerprint density at radius 3 is 2.47 bits per heavy atom. The molecule has 2 nitrogen and oxygen atoms in total. The van der Waals surface area contributed by atoms with Crippen LogP contribution in [-0.4, -0.2) is 12.2 Å². The highest BCUT2D eigenvalue weighted by Crippen LogP contribution is 2.32. The molecule has 1 N–H and O–H groups in total. The van der Waals surface area contributed by atoms with Crippen LogP contribution in [0.1, 0.15) is 28.4 Å². The molecule has 0 saturated carbocycles. The van der Waals surface area contributed by atoms with Crippen LogP contribution < -0.4 is 4.74 Å². The molecule has 2 aromatic carbocycles. The van der Waals surface area contributed by atoms with Crippen molar-refractivity contribution in [3.05, 3.63) is 63.7 Å². The van der Waals surface area contributed by atoms with Crippen LogP contribution in [0.4, 0.5) is 0 Å². The molecule has 19 heavy (non-hydrogen) atoms. The Morgan fingerprint density at radius 2 is 1.84 bits per heavy atom. The molecule has 0 amide bonds. The zero-order valence-electron chi connectivity index (χ0n) is 11.3. The van der Waals surface area contributed by atoms with E-state index >= 15 is 0 Å². The van der Waals surface area contributed by atoms with Crippen molar-refractivity contribution in [1.29, 1.82) is 0 Å². The van der Waals surface area contributed by atoms with E-state index in [0.29, 0.717) is 10.8 Å². The lowest BCUT2D eigenvalue weighted by Crippen LogP contribution is -2.03. The average molecular weight is 277 g/mol. The van der Waals surface area contributed by atoms with Crippen molar-refractivity contribution >= 4 is 11.6 Å². The summed E-state index contributed by atoms with van der Waals surface area (Å²) in [6.45, 7) is 3.92. The van der Waals surface area contributed by atoms with Gasteiger partial charge in [0.2, 0.25) is 0 Å². The summed E-state index contributed by atoms with van der Waals surface area (Å²) < 4.78 is 5.33. The zero-order chi connectivity index (χ0) is 14.0. The van der Waals surface area contributed by atoms with E-state index in [1.165, 1.54) is 0 Å². The molecule has 0 heterocycles. The summed E-state index contributed by atoms with van der Waals surface area (Å²) >= 11 is 6.10. The molecule has 0 saturated heterocycles. The predicted octanol–water partition coefficient (Wildman–Crippen LogP) is 4.05. The minimum atomic E-state index is -0.742. The van der Waals surface area contributed by atoms with E-state index in [1.807, 2.05) is 44.2 Å². The van der Waals surface area contributed by atoms with Gasteiger partial charge in [-0.05, 0) is 42.7 Å². The van der Waals surface area contributed by atoms with Crippen LogP contribution in [0.2, 0.25) is 5.02 Å². The molecule has 3 heteroatoms. The van der Waals surface area contributed by atoms with Gasteiger partial charge in [0.15, 0.2) is 0 Å². The molecule has 1 atom stereocenters. The van der Waals surface area contributed by atoms with Crippen molar-refractivity contribution in [3.8, 4) is 5.75 Å². The summed E-state index contributed by atoms with van der Waals surface area (Å²) in [7, 11) is 1.60. The molecule has 0 fully saturated rings. The first kappa shape index (κ1) is 13.9. The van der Waals surface area contributed by atoms with E-state index in [4.69, 9.17) is 16.3 Å². The number of halogens is 1. The van der Waals surface area contributed by atoms with Crippen LogP contribution in [0.5, 0.6) is 5.75 Å². The summed E-state index contributed by atoms with van der Waals surface area (Å²) in [5.74, 6) is 0.684. The quantitative estimate of drug-likeness (QED) is 0.916. The number of hydrogen-bond donors (Lipinski definition) is 1. The van der Waals surface area contributed by atoms with Crippen molar-refractivity contribution in [2.24, 2.45) is 0 Å². The summed E-state index contributed by atoms with van der Waals surface area (Å²) in [5, 5.41) is 11.1. The third-order valence-electron chi connectivity index (χ3n) is 3.20. The monoisotopic (exact) mass is 276 g/mol. The highest BCUT2D eigenvalue weighted by Gasteiger charge is 2.16. The van der Waals surface area contributed by atoms with Crippen molar-refractivity contribution in [3.63, 3.8) is 0 Å². The van der Waals surface area contributed by atoms with Crippen LogP contribution in [0.3, 0.4) is 0 Å². The Morgan fingerprint density at radius 1 is 1.11 bits per heavy atom. The second kappa shape index (κ2) is 5.64. The third-order valence-corrected chi connectivity index (χ3v) is 3.60. The predicted molar refractivity (Wildman–Crippen MR) is 78.0 cm³/mol. The molecule has 0 aliphatic heterocycles. The fourth-order valence-electron chi connectivity index (χ4n) is 2.00. The van der Waals surface area contributed by atoms with Gasteiger partial charge in [0.05, 0.1) is 7.11 Å². The summed E-state index contributed by atoms with van der Waals surface area (Å²) in [6, 6.07) is 11.3. The number of ether oxygens (including phenoxy) is 1. The van der Waals surface area contributed by atoms with Crippen molar-refractivity contribution in [1.82, 2.24) is 0 Å². The lowest BCUT2D eigenvalue weighted by molar-refractivity contribution is 0.214. The summed E-state index contributed by atoms with van der Waals surface area (Å²) in [5.41, 5.74) is 3.59. The summed E-state index contributed by atoms with van der Waals surface area (Å²) in [6.07, 6.45) is -0.742. The Labute approximate surface area is 118 Å². The molecule has 0 radical (unpaired) electrons. The number of methoxy groups -OCH3 is 1. The van der Waals surface area contributed by atoms with Gasteiger partial charge in [0.25, 0.3) is 0 Å². The highest BCUT2D eigenvalue weighted by molar-refractivity contribution is 6.31. The number of aliphatic hydroxyl groups excluding tert-OH is 1. The van der Waals surface area contributed by atoms with Gasteiger partial charge in [0, 0.05) is 10.6 Å². The second-order valence-electron chi connectivity index (χ2n) is 4.66. The van der Waals surface area contributed by atoms with Gasteiger partial charge >= 0.3 is 0 Å². The molecule has 0 aliphatic rings. The topological polar surface area (TPSA) is 29.5 Å². The largest absolute Gasteiger partial charge is 0.496 e. The van der Waals surface area contributed by atoms with Crippen LogP contribution >= 0.6 is 11.6 Å². The van der Waals surface area contributed by atoms with E-state index < -0.39 is 6.10 Å². The first-order chi connectivity index (χ1) is 9.02. The fraction of sp³-hybridized carbons (Fsp3) is 0.250. The normalized spacial score (nSPS) is 12.3. The maximum absolute atomic E-state index is 10.5. The van der Waals surface area contributed by atoms with E-state index in [2.05, 4.69) is 0 Å². The number of rotatable bonds is 3.